The highest BCUT2D eigenvalue weighted by Crippen LogP contribution is 2.39. The van der Waals surface area contributed by atoms with E-state index in [-0.39, 0.29) is 30.0 Å². The van der Waals surface area contributed by atoms with E-state index in [1.165, 1.54) is 17.0 Å². The number of hydrogen-bond acceptors (Lipinski definition) is 4. The van der Waals surface area contributed by atoms with Gasteiger partial charge in [-0.2, -0.15) is 0 Å². The first-order valence-electron chi connectivity index (χ1n) is 7.84. The fourth-order valence-corrected chi connectivity index (χ4v) is 3.24. The molecule has 1 heterocycles. The number of aliphatic hydroxyl groups is 2. The predicted molar refractivity (Wildman–Crippen MR) is 96.6 cm³/mol. The predicted octanol–water partition coefficient (Wildman–Crippen LogP) is 3.00. The molecule has 26 heavy (non-hydrogen) atoms. The summed E-state index contributed by atoms with van der Waals surface area (Å²) < 4.78 is 14.0. The number of amides is 1. The third kappa shape index (κ3) is 3.27. The molecule has 5 nitrogen and oxygen atoms in total. The Morgan fingerprint density at radius 3 is 2.27 bits per heavy atom. The second-order valence-corrected chi connectivity index (χ2v) is 6.69. The van der Waals surface area contributed by atoms with Crippen molar-refractivity contribution in [1.29, 1.82) is 0 Å². The van der Waals surface area contributed by atoms with Gasteiger partial charge in [0.25, 0.3) is 11.7 Å². The minimum atomic E-state index is -0.840. The van der Waals surface area contributed by atoms with Crippen LogP contribution >= 0.6 is 15.9 Å². The van der Waals surface area contributed by atoms with E-state index in [9.17, 15) is 24.2 Å². The van der Waals surface area contributed by atoms with Crippen LogP contribution in [0.5, 0.6) is 0 Å². The molecule has 2 N–H and O–H groups in total. The van der Waals surface area contributed by atoms with Crippen molar-refractivity contribution < 1.29 is 24.2 Å². The van der Waals surface area contributed by atoms with E-state index in [0.717, 1.165) is 16.6 Å². The zero-order chi connectivity index (χ0) is 18.8. The van der Waals surface area contributed by atoms with Crippen molar-refractivity contribution in [1.82, 2.24) is 4.90 Å². The van der Waals surface area contributed by atoms with E-state index in [4.69, 9.17) is 0 Å². The fourth-order valence-electron chi connectivity index (χ4n) is 2.97. The number of benzene rings is 2. The molecule has 0 aromatic heterocycles. The van der Waals surface area contributed by atoms with E-state index in [0.29, 0.717) is 5.56 Å². The summed E-state index contributed by atoms with van der Waals surface area (Å²) in [5.74, 6) is -2.49. The zero-order valence-corrected chi connectivity index (χ0v) is 15.1. The number of hydrogen-bond donors (Lipinski definition) is 2. The van der Waals surface area contributed by atoms with Gasteiger partial charge >= 0.3 is 0 Å². The van der Waals surface area contributed by atoms with Gasteiger partial charge in [0.1, 0.15) is 11.6 Å². The van der Waals surface area contributed by atoms with Crippen LogP contribution in [-0.2, 0) is 9.59 Å². The summed E-state index contributed by atoms with van der Waals surface area (Å²) in [6, 6.07) is 11.1. The highest BCUT2D eigenvalue weighted by Gasteiger charge is 2.45. The number of likely N-dealkylation sites (tertiary alicyclic amines) is 1. The molecule has 1 saturated heterocycles. The second kappa shape index (κ2) is 7.39. The van der Waals surface area contributed by atoms with Crippen molar-refractivity contribution in [3.8, 4) is 0 Å². The van der Waals surface area contributed by atoms with Crippen molar-refractivity contribution >= 4 is 33.4 Å². The number of ketones is 1. The van der Waals surface area contributed by atoms with Crippen molar-refractivity contribution in [3.05, 3.63) is 75.5 Å². The zero-order valence-electron chi connectivity index (χ0n) is 13.5. The van der Waals surface area contributed by atoms with Gasteiger partial charge in [0.05, 0.1) is 18.2 Å². The van der Waals surface area contributed by atoms with Crippen LogP contribution < -0.4 is 0 Å². The number of carbonyl (C=O) groups is 2. The molecular formula is C19H15BrFNO4. The largest absolute Gasteiger partial charge is 0.507 e. The number of aliphatic hydroxyl groups excluding tert-OH is 2. The van der Waals surface area contributed by atoms with Gasteiger partial charge in [-0.1, -0.05) is 28.1 Å². The standard InChI is InChI=1S/C19H15BrFNO4/c20-13-5-1-11(2-6-13)16-15(18(25)19(26)22(16)9-10-23)17(24)12-3-7-14(21)8-4-12/h1-8,16,23-24H,9-10H2/t16-/m0/s1. The molecule has 7 heteroatoms. The maximum atomic E-state index is 13.1. The summed E-state index contributed by atoms with van der Waals surface area (Å²) in [4.78, 5) is 26.2. The highest BCUT2D eigenvalue weighted by molar-refractivity contribution is 9.10. The lowest BCUT2D eigenvalue weighted by atomic mass is 9.95. The van der Waals surface area contributed by atoms with Crippen molar-refractivity contribution in [2.24, 2.45) is 0 Å². The lowest BCUT2D eigenvalue weighted by Gasteiger charge is -2.24. The number of carbonyl (C=O) groups excluding carboxylic acids is 2. The van der Waals surface area contributed by atoms with Gasteiger partial charge in [-0.05, 0) is 42.0 Å². The monoisotopic (exact) mass is 419 g/mol. The normalized spacial score (nSPS) is 19.2. The average Bonchev–Trinajstić information content (AvgIpc) is 2.88. The van der Waals surface area contributed by atoms with Gasteiger partial charge < -0.3 is 15.1 Å². The van der Waals surface area contributed by atoms with Crippen molar-refractivity contribution in [2.75, 3.05) is 13.2 Å². The van der Waals surface area contributed by atoms with Gasteiger partial charge in [0, 0.05) is 16.6 Å². The smallest absolute Gasteiger partial charge is 0.295 e. The van der Waals surface area contributed by atoms with Crippen LogP contribution in [-0.4, -0.2) is 40.0 Å². The number of nitrogens with zero attached hydrogens (tertiary/aromatic N) is 1. The van der Waals surface area contributed by atoms with Crippen molar-refractivity contribution in [2.45, 2.75) is 6.04 Å². The number of β-amino-alcohol motifs (C(OH)–C–C–N with tert-alkyl or cyclic N) is 1. The Labute approximate surface area is 157 Å². The Balaban J connectivity index is 2.17. The van der Waals surface area contributed by atoms with E-state index in [1.807, 2.05) is 0 Å². The Kier molecular flexibility index (Phi) is 5.20. The topological polar surface area (TPSA) is 77.8 Å². The molecule has 0 bridgehead atoms. The molecule has 0 aliphatic carbocycles. The molecule has 2 aromatic carbocycles. The van der Waals surface area contributed by atoms with Crippen LogP contribution in [0.3, 0.4) is 0 Å². The lowest BCUT2D eigenvalue weighted by Crippen LogP contribution is -2.32. The molecule has 1 amide bonds. The molecule has 3 rings (SSSR count). The molecule has 0 saturated carbocycles. The summed E-state index contributed by atoms with van der Waals surface area (Å²) >= 11 is 3.33. The molecule has 0 spiro atoms. The minimum Gasteiger partial charge on any atom is -0.507 e. The maximum Gasteiger partial charge on any atom is 0.295 e. The number of rotatable bonds is 4. The summed E-state index contributed by atoms with van der Waals surface area (Å²) in [6.45, 7) is -0.373. The van der Waals surface area contributed by atoms with E-state index >= 15 is 0 Å². The first-order valence-corrected chi connectivity index (χ1v) is 8.64. The van der Waals surface area contributed by atoms with Gasteiger partial charge in [0.2, 0.25) is 0 Å². The van der Waals surface area contributed by atoms with E-state index < -0.39 is 23.5 Å². The Morgan fingerprint density at radius 2 is 1.69 bits per heavy atom. The summed E-state index contributed by atoms with van der Waals surface area (Å²) in [6.07, 6.45) is 0. The van der Waals surface area contributed by atoms with Crippen LogP contribution in [0.25, 0.3) is 5.76 Å². The molecule has 0 radical (unpaired) electrons. The molecule has 1 aliphatic rings. The van der Waals surface area contributed by atoms with Crippen LogP contribution in [0, 0.1) is 5.82 Å². The van der Waals surface area contributed by atoms with Crippen LogP contribution in [0.2, 0.25) is 0 Å². The molecule has 1 fully saturated rings. The molecule has 2 aromatic rings. The molecule has 1 aliphatic heterocycles. The average molecular weight is 420 g/mol. The maximum absolute atomic E-state index is 13.1. The van der Waals surface area contributed by atoms with Crippen LogP contribution in [0.15, 0.2) is 58.6 Å². The summed E-state index contributed by atoms with van der Waals surface area (Å²) in [5, 5.41) is 19.9. The Hall–Kier alpha value is -2.51. The van der Waals surface area contributed by atoms with Gasteiger partial charge in [0.15, 0.2) is 0 Å². The van der Waals surface area contributed by atoms with Gasteiger partial charge in [-0.15, -0.1) is 0 Å². The van der Waals surface area contributed by atoms with Crippen molar-refractivity contribution in [3.63, 3.8) is 0 Å². The third-order valence-corrected chi connectivity index (χ3v) is 4.71. The number of halogens is 2. The van der Waals surface area contributed by atoms with Crippen LogP contribution in [0.4, 0.5) is 4.39 Å². The highest BCUT2D eigenvalue weighted by atomic mass is 79.9. The fraction of sp³-hybridized carbons (Fsp3) is 0.158. The SMILES string of the molecule is O=C1C(=O)N(CCO)[C@@H](c2ccc(Br)cc2)C1=C(O)c1ccc(F)cc1. The molecule has 0 unspecified atom stereocenters. The minimum absolute atomic E-state index is 0.0501. The lowest BCUT2D eigenvalue weighted by molar-refractivity contribution is -0.140. The molecular weight excluding hydrogens is 405 g/mol. The van der Waals surface area contributed by atoms with E-state index in [2.05, 4.69) is 15.9 Å². The molecule has 1 atom stereocenters. The number of Topliss-reactive ketones (excluding diaryl/α,β-unsaturated/α-hetero) is 1. The van der Waals surface area contributed by atoms with E-state index in [1.54, 1.807) is 24.3 Å². The quantitative estimate of drug-likeness (QED) is 0.453. The second-order valence-electron chi connectivity index (χ2n) is 5.77. The Bertz CT molecular complexity index is 877. The summed E-state index contributed by atoms with van der Waals surface area (Å²) in [7, 11) is 0. The summed E-state index contributed by atoms with van der Waals surface area (Å²) in [5.41, 5.74) is 0.761. The van der Waals surface area contributed by atoms with Gasteiger partial charge in [-0.3, -0.25) is 9.59 Å². The third-order valence-electron chi connectivity index (χ3n) is 4.18. The first kappa shape index (κ1) is 18.3. The van der Waals surface area contributed by atoms with Gasteiger partial charge in [-0.25, -0.2) is 4.39 Å². The van der Waals surface area contributed by atoms with Crippen LogP contribution in [0.1, 0.15) is 17.2 Å². The first-order chi connectivity index (χ1) is 12.4. The molecule has 134 valence electrons. The Morgan fingerprint density at radius 1 is 1.08 bits per heavy atom.